The largest absolute Gasteiger partial charge is 0.301 e. The molecule has 122 valence electrons. The molecule has 0 unspecified atom stereocenters. The molecule has 0 radical (unpaired) electrons. The SMILES string of the molecule is O=[N+]([O-])c1ccc(NN=Cc2ccccc2[N+](=O)[O-])c([N+](=O)[O-])c1. The van der Waals surface area contributed by atoms with E-state index in [1.165, 1.54) is 18.2 Å². The molecule has 0 amide bonds. The molecule has 0 heterocycles. The molecule has 2 aromatic carbocycles. The maximum Gasteiger partial charge on any atom is 0.301 e. The fraction of sp³-hybridized carbons (Fsp3) is 0. The lowest BCUT2D eigenvalue weighted by Gasteiger charge is -2.02. The van der Waals surface area contributed by atoms with Gasteiger partial charge in [0, 0.05) is 12.1 Å². The number of para-hydroxylation sites is 1. The number of hydrogen-bond donors (Lipinski definition) is 1. The number of rotatable bonds is 6. The van der Waals surface area contributed by atoms with Gasteiger partial charge in [0.15, 0.2) is 0 Å². The zero-order chi connectivity index (χ0) is 17.7. The van der Waals surface area contributed by atoms with E-state index in [-0.39, 0.29) is 16.9 Å². The lowest BCUT2D eigenvalue weighted by Crippen LogP contribution is -1.99. The highest BCUT2D eigenvalue weighted by Gasteiger charge is 2.19. The Balaban J connectivity index is 2.28. The number of nitro groups is 3. The van der Waals surface area contributed by atoms with Gasteiger partial charge in [-0.15, -0.1) is 0 Å². The summed E-state index contributed by atoms with van der Waals surface area (Å²) in [6.07, 6.45) is 1.13. The summed E-state index contributed by atoms with van der Waals surface area (Å²) in [4.78, 5) is 30.4. The molecule has 0 bridgehead atoms. The zero-order valence-corrected chi connectivity index (χ0v) is 11.9. The van der Waals surface area contributed by atoms with Gasteiger partial charge < -0.3 is 0 Å². The van der Waals surface area contributed by atoms with Crippen molar-refractivity contribution in [1.82, 2.24) is 0 Å². The molecular weight excluding hydrogens is 322 g/mol. The molecule has 0 aromatic heterocycles. The summed E-state index contributed by atoms with van der Waals surface area (Å²) >= 11 is 0. The van der Waals surface area contributed by atoms with Gasteiger partial charge in [-0.25, -0.2) is 0 Å². The van der Waals surface area contributed by atoms with E-state index in [1.807, 2.05) is 0 Å². The van der Waals surface area contributed by atoms with Gasteiger partial charge in [-0.3, -0.25) is 35.8 Å². The summed E-state index contributed by atoms with van der Waals surface area (Å²) in [5.74, 6) is 0. The number of anilines is 1. The predicted octanol–water partition coefficient (Wildman–Crippen LogP) is 2.86. The second-order valence-electron chi connectivity index (χ2n) is 4.40. The van der Waals surface area contributed by atoms with Crippen molar-refractivity contribution in [2.75, 3.05) is 5.43 Å². The van der Waals surface area contributed by atoms with Crippen LogP contribution in [0.1, 0.15) is 5.56 Å². The first kappa shape index (κ1) is 16.5. The Morgan fingerprint density at radius 1 is 0.875 bits per heavy atom. The van der Waals surface area contributed by atoms with Crippen LogP contribution in [0.4, 0.5) is 22.7 Å². The molecule has 1 N–H and O–H groups in total. The van der Waals surface area contributed by atoms with Gasteiger partial charge in [0.2, 0.25) is 0 Å². The number of nitrogens with one attached hydrogen (secondary N) is 1. The Bertz CT molecular complexity index is 850. The van der Waals surface area contributed by atoms with Gasteiger partial charge >= 0.3 is 5.69 Å². The molecule has 11 heteroatoms. The number of benzene rings is 2. The summed E-state index contributed by atoms with van der Waals surface area (Å²) in [6.45, 7) is 0. The molecule has 0 saturated carbocycles. The van der Waals surface area contributed by atoms with Crippen molar-refractivity contribution in [3.8, 4) is 0 Å². The van der Waals surface area contributed by atoms with Crippen LogP contribution in [0.3, 0.4) is 0 Å². The quantitative estimate of drug-likeness (QED) is 0.484. The Kier molecular flexibility index (Phi) is 4.75. The molecule has 0 spiro atoms. The molecule has 0 aliphatic heterocycles. The van der Waals surface area contributed by atoms with Crippen molar-refractivity contribution >= 4 is 29.0 Å². The smallest absolute Gasteiger partial charge is 0.272 e. The first-order chi connectivity index (χ1) is 11.4. The molecule has 0 atom stereocenters. The maximum atomic E-state index is 11.0. The van der Waals surface area contributed by atoms with Crippen LogP contribution in [0.15, 0.2) is 47.6 Å². The molecule has 0 saturated heterocycles. The van der Waals surface area contributed by atoms with E-state index < -0.39 is 26.1 Å². The van der Waals surface area contributed by atoms with Crippen LogP contribution in [0.5, 0.6) is 0 Å². The first-order valence-corrected chi connectivity index (χ1v) is 6.35. The third-order valence-electron chi connectivity index (χ3n) is 2.91. The average Bonchev–Trinajstić information content (AvgIpc) is 2.55. The summed E-state index contributed by atoms with van der Waals surface area (Å²) in [5.41, 5.74) is 1.32. The zero-order valence-electron chi connectivity index (χ0n) is 11.9. The van der Waals surface area contributed by atoms with E-state index in [2.05, 4.69) is 10.5 Å². The van der Waals surface area contributed by atoms with E-state index in [0.29, 0.717) is 0 Å². The van der Waals surface area contributed by atoms with E-state index in [4.69, 9.17) is 0 Å². The molecule has 0 fully saturated rings. The highest BCUT2D eigenvalue weighted by molar-refractivity contribution is 5.85. The molecule has 0 aliphatic rings. The fourth-order valence-electron chi connectivity index (χ4n) is 1.81. The third-order valence-corrected chi connectivity index (χ3v) is 2.91. The van der Waals surface area contributed by atoms with Crippen molar-refractivity contribution in [1.29, 1.82) is 0 Å². The van der Waals surface area contributed by atoms with Gasteiger partial charge in [0.1, 0.15) is 5.69 Å². The predicted molar refractivity (Wildman–Crippen MR) is 84.1 cm³/mol. The van der Waals surface area contributed by atoms with Crippen molar-refractivity contribution in [2.24, 2.45) is 5.10 Å². The molecule has 2 aromatic rings. The molecular formula is C13H9N5O6. The monoisotopic (exact) mass is 331 g/mol. The second kappa shape index (κ2) is 6.91. The molecule has 11 nitrogen and oxygen atoms in total. The fourth-order valence-corrected chi connectivity index (χ4v) is 1.81. The lowest BCUT2D eigenvalue weighted by atomic mass is 10.2. The first-order valence-electron chi connectivity index (χ1n) is 6.35. The minimum atomic E-state index is -0.796. The minimum Gasteiger partial charge on any atom is -0.272 e. The number of nitro benzene ring substituents is 3. The van der Waals surface area contributed by atoms with Crippen LogP contribution < -0.4 is 5.43 Å². The molecule has 24 heavy (non-hydrogen) atoms. The summed E-state index contributed by atoms with van der Waals surface area (Å²) < 4.78 is 0. The van der Waals surface area contributed by atoms with Gasteiger partial charge in [-0.05, 0) is 12.1 Å². The minimum absolute atomic E-state index is 0.0829. The van der Waals surface area contributed by atoms with Gasteiger partial charge in [0.25, 0.3) is 11.4 Å². The Hall–Kier alpha value is -3.89. The summed E-state index contributed by atoms with van der Waals surface area (Å²) in [5, 5.41) is 36.2. The Labute approximate surface area is 133 Å². The van der Waals surface area contributed by atoms with Crippen LogP contribution in [-0.4, -0.2) is 21.0 Å². The van der Waals surface area contributed by atoms with Crippen LogP contribution >= 0.6 is 0 Å². The molecule has 0 aliphatic carbocycles. The average molecular weight is 331 g/mol. The molecule has 2 rings (SSSR count). The van der Waals surface area contributed by atoms with Crippen LogP contribution in [-0.2, 0) is 0 Å². The normalized spacial score (nSPS) is 10.5. The Morgan fingerprint density at radius 2 is 1.54 bits per heavy atom. The van der Waals surface area contributed by atoms with E-state index >= 15 is 0 Å². The second-order valence-corrected chi connectivity index (χ2v) is 4.40. The van der Waals surface area contributed by atoms with Crippen molar-refractivity contribution < 1.29 is 14.8 Å². The summed E-state index contributed by atoms with van der Waals surface area (Å²) in [7, 11) is 0. The van der Waals surface area contributed by atoms with E-state index in [1.54, 1.807) is 6.07 Å². The van der Waals surface area contributed by atoms with E-state index in [0.717, 1.165) is 24.4 Å². The number of hydrazone groups is 1. The summed E-state index contributed by atoms with van der Waals surface area (Å²) in [6, 6.07) is 8.81. The topological polar surface area (TPSA) is 154 Å². The number of non-ortho nitro benzene ring substituents is 1. The van der Waals surface area contributed by atoms with Gasteiger partial charge in [-0.1, -0.05) is 12.1 Å². The third kappa shape index (κ3) is 3.65. The van der Waals surface area contributed by atoms with Crippen LogP contribution in [0, 0.1) is 30.3 Å². The van der Waals surface area contributed by atoms with Crippen molar-refractivity contribution in [2.45, 2.75) is 0 Å². The van der Waals surface area contributed by atoms with E-state index in [9.17, 15) is 30.3 Å². The highest BCUT2D eigenvalue weighted by atomic mass is 16.6. The van der Waals surface area contributed by atoms with Crippen molar-refractivity contribution in [3.63, 3.8) is 0 Å². The number of hydrogen-bond acceptors (Lipinski definition) is 8. The van der Waals surface area contributed by atoms with Gasteiger partial charge in [-0.2, -0.15) is 5.10 Å². The maximum absolute atomic E-state index is 11.0. The highest BCUT2D eigenvalue weighted by Crippen LogP contribution is 2.28. The number of nitrogens with zero attached hydrogens (tertiary/aromatic N) is 4. The van der Waals surface area contributed by atoms with Crippen molar-refractivity contribution in [3.05, 3.63) is 78.4 Å². The van der Waals surface area contributed by atoms with Gasteiger partial charge in [0.05, 0.1) is 32.6 Å². The Morgan fingerprint density at radius 3 is 2.17 bits per heavy atom. The lowest BCUT2D eigenvalue weighted by molar-refractivity contribution is -0.393. The standard InChI is InChI=1S/C13H9N5O6/c19-16(20)10-5-6-11(13(7-10)18(23)24)15-14-8-9-3-1-2-4-12(9)17(21)22/h1-8,15H. The van der Waals surface area contributed by atoms with Crippen LogP contribution in [0.2, 0.25) is 0 Å². The van der Waals surface area contributed by atoms with Crippen LogP contribution in [0.25, 0.3) is 0 Å².